The van der Waals surface area contributed by atoms with Crippen LogP contribution >= 0.6 is 11.6 Å². The van der Waals surface area contributed by atoms with E-state index in [0.29, 0.717) is 41.5 Å². The minimum atomic E-state index is -4.48. The van der Waals surface area contributed by atoms with Crippen LogP contribution in [0.5, 0.6) is 11.5 Å². The van der Waals surface area contributed by atoms with Gasteiger partial charge >= 0.3 is 6.18 Å². The van der Waals surface area contributed by atoms with E-state index >= 15 is 0 Å². The van der Waals surface area contributed by atoms with Crippen molar-refractivity contribution in [3.63, 3.8) is 0 Å². The van der Waals surface area contributed by atoms with Crippen LogP contribution in [0.4, 0.5) is 19.0 Å². The van der Waals surface area contributed by atoms with Gasteiger partial charge in [-0.15, -0.1) is 0 Å². The number of halogens is 4. The molecule has 9 heteroatoms. The Balaban J connectivity index is 1.93. The molecule has 1 N–H and O–H groups in total. The average Bonchev–Trinajstić information content (AvgIpc) is 3.30. The summed E-state index contributed by atoms with van der Waals surface area (Å²) in [5.41, 5.74) is 1.54. The van der Waals surface area contributed by atoms with Gasteiger partial charge in [-0.3, -0.25) is 0 Å². The van der Waals surface area contributed by atoms with Crippen LogP contribution < -0.4 is 14.8 Å². The lowest BCUT2D eigenvalue weighted by molar-refractivity contribution is -0.137. The lowest BCUT2D eigenvalue weighted by atomic mass is 10.1. The zero-order valence-electron chi connectivity index (χ0n) is 15.6. The molecule has 0 amide bonds. The second-order valence-electron chi connectivity index (χ2n) is 6.49. The molecule has 0 atom stereocenters. The molecular weight excluding hydrogens is 407 g/mol. The molecule has 5 nitrogen and oxygen atoms in total. The predicted molar refractivity (Wildman–Crippen MR) is 104 cm³/mol. The summed E-state index contributed by atoms with van der Waals surface area (Å²) in [5.74, 6) is 1.82. The SMILES string of the molecule is COc1ccc(OC)c(-c2nn(-c3cc(C(F)(F)F)ccc3Cl)c3c2CCN3)c1. The Morgan fingerprint density at radius 1 is 1.10 bits per heavy atom. The highest BCUT2D eigenvalue weighted by Gasteiger charge is 2.32. The topological polar surface area (TPSA) is 48.3 Å². The van der Waals surface area contributed by atoms with Crippen molar-refractivity contribution in [3.05, 3.63) is 52.5 Å². The number of nitrogens with one attached hydrogen (secondary N) is 1. The van der Waals surface area contributed by atoms with E-state index in [9.17, 15) is 13.2 Å². The molecule has 1 aliphatic rings. The maximum Gasteiger partial charge on any atom is 0.416 e. The first-order chi connectivity index (χ1) is 13.8. The summed E-state index contributed by atoms with van der Waals surface area (Å²) in [6, 6.07) is 8.50. The molecule has 0 saturated carbocycles. The summed E-state index contributed by atoms with van der Waals surface area (Å²) < 4.78 is 51.9. The molecule has 2 aromatic carbocycles. The Hall–Kier alpha value is -2.87. The minimum absolute atomic E-state index is 0.153. The lowest BCUT2D eigenvalue weighted by Crippen LogP contribution is -2.09. The first-order valence-electron chi connectivity index (χ1n) is 8.78. The molecule has 0 radical (unpaired) electrons. The Morgan fingerprint density at radius 2 is 1.90 bits per heavy atom. The number of anilines is 1. The number of alkyl halides is 3. The van der Waals surface area contributed by atoms with Gasteiger partial charge in [0.05, 0.1) is 30.5 Å². The van der Waals surface area contributed by atoms with Crippen LogP contribution in [-0.2, 0) is 12.6 Å². The fourth-order valence-corrected chi connectivity index (χ4v) is 3.61. The number of nitrogens with zero attached hydrogens (tertiary/aromatic N) is 2. The van der Waals surface area contributed by atoms with E-state index in [4.69, 9.17) is 21.1 Å². The van der Waals surface area contributed by atoms with Gasteiger partial charge < -0.3 is 14.8 Å². The standard InChI is InChI=1S/C20H17ClF3N3O2/c1-28-12-4-6-17(29-2)14(10-12)18-13-7-8-25-19(13)27(26-18)16-9-11(20(22,23)24)3-5-15(16)21/h3-6,9-10,25H,7-8H2,1-2H3. The van der Waals surface area contributed by atoms with Crippen LogP contribution in [0.3, 0.4) is 0 Å². The van der Waals surface area contributed by atoms with Crippen LogP contribution in [0.25, 0.3) is 16.9 Å². The third-order valence-corrected chi connectivity index (χ3v) is 5.13. The fourth-order valence-electron chi connectivity index (χ4n) is 3.42. The van der Waals surface area contributed by atoms with E-state index in [1.807, 2.05) is 0 Å². The molecule has 0 saturated heterocycles. The Labute approximate surface area is 170 Å². The van der Waals surface area contributed by atoms with Gasteiger partial charge in [0.1, 0.15) is 23.0 Å². The Bertz CT molecular complexity index is 1080. The molecule has 152 valence electrons. The highest BCUT2D eigenvalue weighted by Crippen LogP contribution is 2.41. The van der Waals surface area contributed by atoms with Crippen molar-refractivity contribution >= 4 is 17.4 Å². The first kappa shape index (κ1) is 19.4. The molecule has 29 heavy (non-hydrogen) atoms. The summed E-state index contributed by atoms with van der Waals surface area (Å²) in [5, 5.41) is 7.97. The smallest absolute Gasteiger partial charge is 0.416 e. The van der Waals surface area contributed by atoms with Crippen molar-refractivity contribution in [1.82, 2.24) is 9.78 Å². The molecule has 0 spiro atoms. The molecular formula is C20H17ClF3N3O2. The van der Waals surface area contributed by atoms with Gasteiger partial charge in [-0.1, -0.05) is 11.6 Å². The number of ether oxygens (including phenoxy) is 2. The third kappa shape index (κ3) is 3.37. The fraction of sp³-hybridized carbons (Fsp3) is 0.250. The highest BCUT2D eigenvalue weighted by molar-refractivity contribution is 6.32. The van der Waals surface area contributed by atoms with E-state index < -0.39 is 11.7 Å². The maximum atomic E-state index is 13.2. The van der Waals surface area contributed by atoms with Gasteiger partial charge in [-0.2, -0.15) is 18.3 Å². The van der Waals surface area contributed by atoms with Crippen LogP contribution in [0.15, 0.2) is 36.4 Å². The van der Waals surface area contributed by atoms with Crippen molar-refractivity contribution in [3.8, 4) is 28.4 Å². The van der Waals surface area contributed by atoms with Crippen LogP contribution in [0, 0.1) is 0 Å². The molecule has 0 bridgehead atoms. The van der Waals surface area contributed by atoms with Crippen LogP contribution in [0.1, 0.15) is 11.1 Å². The number of fused-ring (bicyclic) bond motifs is 1. The third-order valence-electron chi connectivity index (χ3n) is 4.81. The van der Waals surface area contributed by atoms with E-state index in [1.165, 1.54) is 10.7 Å². The van der Waals surface area contributed by atoms with E-state index in [1.54, 1.807) is 32.4 Å². The number of aromatic nitrogens is 2. The molecule has 3 aromatic rings. The van der Waals surface area contributed by atoms with Gasteiger partial charge in [0.2, 0.25) is 0 Å². The Kier molecular flexibility index (Phi) is 4.82. The van der Waals surface area contributed by atoms with Crippen molar-refractivity contribution in [2.45, 2.75) is 12.6 Å². The van der Waals surface area contributed by atoms with E-state index in [-0.39, 0.29) is 10.7 Å². The van der Waals surface area contributed by atoms with Crippen molar-refractivity contribution in [1.29, 1.82) is 0 Å². The van der Waals surface area contributed by atoms with Gasteiger partial charge in [0.15, 0.2) is 0 Å². The summed E-state index contributed by atoms with van der Waals surface area (Å²) in [4.78, 5) is 0. The van der Waals surface area contributed by atoms with Crippen molar-refractivity contribution in [2.75, 3.05) is 26.1 Å². The quantitative estimate of drug-likeness (QED) is 0.627. The highest BCUT2D eigenvalue weighted by atomic mass is 35.5. The summed E-state index contributed by atoms with van der Waals surface area (Å²) in [6.45, 7) is 0.642. The van der Waals surface area contributed by atoms with E-state index in [2.05, 4.69) is 10.4 Å². The number of methoxy groups -OCH3 is 2. The molecule has 4 rings (SSSR count). The molecule has 0 fully saturated rings. The zero-order chi connectivity index (χ0) is 20.8. The zero-order valence-corrected chi connectivity index (χ0v) is 16.4. The Morgan fingerprint density at radius 3 is 2.59 bits per heavy atom. The predicted octanol–water partition coefficient (Wildman–Crippen LogP) is 5.20. The molecule has 0 aliphatic carbocycles. The molecule has 0 unspecified atom stereocenters. The maximum absolute atomic E-state index is 13.2. The average molecular weight is 424 g/mol. The molecule has 1 aromatic heterocycles. The van der Waals surface area contributed by atoms with Crippen LogP contribution in [-0.4, -0.2) is 30.5 Å². The number of hydrogen-bond acceptors (Lipinski definition) is 4. The van der Waals surface area contributed by atoms with Gasteiger partial charge in [0, 0.05) is 17.7 Å². The van der Waals surface area contributed by atoms with Crippen LogP contribution in [0.2, 0.25) is 5.02 Å². The number of rotatable bonds is 4. The monoisotopic (exact) mass is 423 g/mol. The first-order valence-corrected chi connectivity index (χ1v) is 9.16. The van der Waals surface area contributed by atoms with Gasteiger partial charge in [-0.05, 0) is 42.8 Å². The largest absolute Gasteiger partial charge is 0.497 e. The normalized spacial score (nSPS) is 13.2. The number of benzene rings is 2. The van der Waals surface area contributed by atoms with Crippen molar-refractivity contribution < 1.29 is 22.6 Å². The summed E-state index contributed by atoms with van der Waals surface area (Å²) in [6.07, 6.45) is -3.82. The number of hydrogen-bond donors (Lipinski definition) is 1. The second kappa shape index (κ2) is 7.18. The minimum Gasteiger partial charge on any atom is -0.497 e. The molecule has 2 heterocycles. The van der Waals surface area contributed by atoms with Crippen molar-refractivity contribution in [2.24, 2.45) is 0 Å². The molecule has 1 aliphatic heterocycles. The van der Waals surface area contributed by atoms with Gasteiger partial charge in [-0.25, -0.2) is 4.68 Å². The summed E-state index contributed by atoms with van der Waals surface area (Å²) in [7, 11) is 3.10. The van der Waals surface area contributed by atoms with E-state index in [0.717, 1.165) is 17.7 Å². The second-order valence-corrected chi connectivity index (χ2v) is 6.90. The lowest BCUT2D eigenvalue weighted by Gasteiger charge is -2.12. The van der Waals surface area contributed by atoms with Gasteiger partial charge in [0.25, 0.3) is 0 Å². The summed E-state index contributed by atoms with van der Waals surface area (Å²) >= 11 is 6.24.